The lowest BCUT2D eigenvalue weighted by Gasteiger charge is -2.22. The average molecular weight is 262 g/mol. The summed E-state index contributed by atoms with van der Waals surface area (Å²) in [6, 6.07) is 3.02. The largest absolute Gasteiger partial charge is 0.508 e. The SMILES string of the molecule is CC(C)(Cc1c(O)cccc1C(F)(F)F)C(=O)O. The van der Waals surface area contributed by atoms with Crippen molar-refractivity contribution in [3.8, 4) is 5.75 Å². The van der Waals surface area contributed by atoms with Gasteiger partial charge in [0.25, 0.3) is 0 Å². The van der Waals surface area contributed by atoms with Crippen molar-refractivity contribution >= 4 is 5.97 Å². The maximum Gasteiger partial charge on any atom is 0.416 e. The van der Waals surface area contributed by atoms with Crippen LogP contribution >= 0.6 is 0 Å². The molecule has 1 aromatic carbocycles. The fourth-order valence-corrected chi connectivity index (χ4v) is 1.54. The molecule has 0 fully saturated rings. The molecule has 0 amide bonds. The van der Waals surface area contributed by atoms with E-state index in [-0.39, 0.29) is 0 Å². The Morgan fingerprint density at radius 3 is 2.28 bits per heavy atom. The van der Waals surface area contributed by atoms with Crippen molar-refractivity contribution < 1.29 is 28.2 Å². The van der Waals surface area contributed by atoms with Crippen LogP contribution in [-0.4, -0.2) is 16.2 Å². The summed E-state index contributed by atoms with van der Waals surface area (Å²) in [4.78, 5) is 10.9. The van der Waals surface area contributed by atoms with Crippen molar-refractivity contribution in [2.45, 2.75) is 26.4 Å². The van der Waals surface area contributed by atoms with E-state index in [1.165, 1.54) is 13.8 Å². The summed E-state index contributed by atoms with van der Waals surface area (Å²) in [5, 5.41) is 18.4. The molecule has 3 nitrogen and oxygen atoms in total. The zero-order valence-corrected chi connectivity index (χ0v) is 9.88. The van der Waals surface area contributed by atoms with Crippen molar-refractivity contribution in [1.82, 2.24) is 0 Å². The van der Waals surface area contributed by atoms with Crippen LogP contribution < -0.4 is 0 Å². The number of aromatic hydroxyl groups is 1. The van der Waals surface area contributed by atoms with Crippen LogP contribution in [0.15, 0.2) is 18.2 Å². The molecule has 100 valence electrons. The molecule has 1 aromatic rings. The second kappa shape index (κ2) is 4.51. The van der Waals surface area contributed by atoms with Crippen molar-refractivity contribution in [3.63, 3.8) is 0 Å². The molecule has 0 saturated heterocycles. The molecule has 0 atom stereocenters. The molecule has 0 heterocycles. The Morgan fingerprint density at radius 2 is 1.83 bits per heavy atom. The first-order chi connectivity index (χ1) is 8.05. The number of hydrogen-bond acceptors (Lipinski definition) is 2. The molecule has 0 aliphatic rings. The smallest absolute Gasteiger partial charge is 0.416 e. The summed E-state index contributed by atoms with van der Waals surface area (Å²) in [6.45, 7) is 2.61. The predicted molar refractivity (Wildman–Crippen MR) is 58.2 cm³/mol. The first kappa shape index (κ1) is 14.3. The summed E-state index contributed by atoms with van der Waals surface area (Å²) in [5.74, 6) is -1.77. The predicted octanol–water partition coefficient (Wildman–Crippen LogP) is 3.06. The maximum atomic E-state index is 12.7. The molecule has 0 saturated carbocycles. The maximum absolute atomic E-state index is 12.7. The third kappa shape index (κ3) is 2.94. The lowest BCUT2D eigenvalue weighted by Crippen LogP contribution is -2.27. The second-order valence-corrected chi connectivity index (χ2v) is 4.67. The van der Waals surface area contributed by atoms with Gasteiger partial charge >= 0.3 is 12.1 Å². The monoisotopic (exact) mass is 262 g/mol. The molecular formula is C12H13F3O3. The van der Waals surface area contributed by atoms with Gasteiger partial charge in [-0.25, -0.2) is 0 Å². The minimum absolute atomic E-state index is 0.391. The number of phenols is 1. The number of aliphatic carboxylic acids is 1. The summed E-state index contributed by atoms with van der Waals surface area (Å²) >= 11 is 0. The van der Waals surface area contributed by atoms with Crippen LogP contribution in [-0.2, 0) is 17.4 Å². The van der Waals surface area contributed by atoms with E-state index in [4.69, 9.17) is 5.11 Å². The van der Waals surface area contributed by atoms with Crippen LogP contribution in [0, 0.1) is 5.41 Å². The Hall–Kier alpha value is -1.72. The minimum Gasteiger partial charge on any atom is -0.508 e. The van der Waals surface area contributed by atoms with Gasteiger partial charge in [-0.2, -0.15) is 13.2 Å². The lowest BCUT2D eigenvalue weighted by molar-refractivity contribution is -0.148. The van der Waals surface area contributed by atoms with E-state index in [0.717, 1.165) is 18.2 Å². The molecule has 1 rings (SSSR count). The number of halogens is 3. The molecule has 0 radical (unpaired) electrons. The molecule has 2 N–H and O–H groups in total. The summed E-state index contributed by atoms with van der Waals surface area (Å²) in [7, 11) is 0. The average Bonchev–Trinajstić information content (AvgIpc) is 2.18. The van der Waals surface area contributed by atoms with E-state index in [9.17, 15) is 23.1 Å². The first-order valence-corrected chi connectivity index (χ1v) is 5.17. The zero-order valence-electron chi connectivity index (χ0n) is 9.88. The quantitative estimate of drug-likeness (QED) is 0.880. The molecule has 0 spiro atoms. The fourth-order valence-electron chi connectivity index (χ4n) is 1.54. The third-order valence-electron chi connectivity index (χ3n) is 2.65. The van der Waals surface area contributed by atoms with Gasteiger partial charge in [-0.15, -0.1) is 0 Å². The zero-order chi connectivity index (χ0) is 14.1. The van der Waals surface area contributed by atoms with E-state index in [1.54, 1.807) is 0 Å². The van der Waals surface area contributed by atoms with Crippen LogP contribution in [0.3, 0.4) is 0 Å². The summed E-state index contributed by atoms with van der Waals surface area (Å²) in [6.07, 6.45) is -5.02. The van der Waals surface area contributed by atoms with Gasteiger partial charge in [0, 0.05) is 5.56 Å². The Balaban J connectivity index is 3.28. The fraction of sp³-hybridized carbons (Fsp3) is 0.417. The second-order valence-electron chi connectivity index (χ2n) is 4.67. The topological polar surface area (TPSA) is 57.5 Å². The number of carbonyl (C=O) groups is 1. The van der Waals surface area contributed by atoms with Gasteiger partial charge < -0.3 is 10.2 Å². The van der Waals surface area contributed by atoms with E-state index in [0.29, 0.717) is 0 Å². The van der Waals surface area contributed by atoms with Gasteiger partial charge in [0.2, 0.25) is 0 Å². The van der Waals surface area contributed by atoms with Crippen molar-refractivity contribution in [3.05, 3.63) is 29.3 Å². The lowest BCUT2D eigenvalue weighted by atomic mass is 9.84. The highest BCUT2D eigenvalue weighted by Gasteiger charge is 2.37. The minimum atomic E-state index is -4.62. The van der Waals surface area contributed by atoms with E-state index in [2.05, 4.69) is 0 Å². The highest BCUT2D eigenvalue weighted by molar-refractivity contribution is 5.74. The van der Waals surface area contributed by atoms with E-state index in [1.807, 2.05) is 0 Å². The molecule has 0 unspecified atom stereocenters. The van der Waals surface area contributed by atoms with Crippen LogP contribution in [0.25, 0.3) is 0 Å². The van der Waals surface area contributed by atoms with Gasteiger partial charge in [-0.3, -0.25) is 4.79 Å². The highest BCUT2D eigenvalue weighted by Crippen LogP contribution is 2.38. The molecule has 0 aliphatic carbocycles. The number of carboxylic acids is 1. The Bertz CT molecular complexity index is 464. The Kier molecular flexibility index (Phi) is 3.59. The highest BCUT2D eigenvalue weighted by atomic mass is 19.4. The van der Waals surface area contributed by atoms with Gasteiger partial charge in [-0.05, 0) is 32.4 Å². The standard InChI is InChI=1S/C12H13F3O3/c1-11(2,10(17)18)6-7-8(12(13,14)15)4-3-5-9(7)16/h3-5,16H,6H2,1-2H3,(H,17,18). The number of benzene rings is 1. The van der Waals surface area contributed by atoms with Gasteiger partial charge in [-0.1, -0.05) is 6.07 Å². The van der Waals surface area contributed by atoms with Gasteiger partial charge in [0.1, 0.15) is 5.75 Å². The number of alkyl halides is 3. The molecule has 0 aliphatic heterocycles. The van der Waals surface area contributed by atoms with Crippen LogP contribution in [0.1, 0.15) is 25.0 Å². The van der Waals surface area contributed by atoms with Crippen LogP contribution in [0.4, 0.5) is 13.2 Å². The van der Waals surface area contributed by atoms with Gasteiger partial charge in [0.05, 0.1) is 11.0 Å². The van der Waals surface area contributed by atoms with Crippen LogP contribution in [0.5, 0.6) is 5.75 Å². The molecule has 0 aromatic heterocycles. The Labute approximate surface area is 102 Å². The summed E-state index contributed by atoms with van der Waals surface area (Å²) < 4.78 is 38.2. The van der Waals surface area contributed by atoms with Crippen molar-refractivity contribution in [1.29, 1.82) is 0 Å². The third-order valence-corrected chi connectivity index (χ3v) is 2.65. The van der Waals surface area contributed by atoms with Crippen molar-refractivity contribution in [2.75, 3.05) is 0 Å². The van der Waals surface area contributed by atoms with E-state index >= 15 is 0 Å². The molecular weight excluding hydrogens is 249 g/mol. The number of carboxylic acid groups (broad SMARTS) is 1. The van der Waals surface area contributed by atoms with E-state index < -0.39 is 40.9 Å². The van der Waals surface area contributed by atoms with Crippen molar-refractivity contribution in [2.24, 2.45) is 5.41 Å². The normalized spacial score (nSPS) is 12.5. The van der Waals surface area contributed by atoms with Gasteiger partial charge in [0.15, 0.2) is 0 Å². The first-order valence-electron chi connectivity index (χ1n) is 5.17. The van der Waals surface area contributed by atoms with Crippen LogP contribution in [0.2, 0.25) is 0 Å². The number of hydrogen-bond donors (Lipinski definition) is 2. The number of rotatable bonds is 3. The Morgan fingerprint density at radius 1 is 1.28 bits per heavy atom. The molecule has 18 heavy (non-hydrogen) atoms. The molecule has 6 heteroatoms. The summed E-state index contributed by atoms with van der Waals surface area (Å²) in [5.41, 5.74) is -2.78. The number of phenolic OH excluding ortho intramolecular Hbond substituents is 1. The molecule has 0 bridgehead atoms.